The highest BCUT2D eigenvalue weighted by molar-refractivity contribution is 9.10. The molecular weight excluding hydrogens is 376 g/mol. The summed E-state index contributed by atoms with van der Waals surface area (Å²) in [5.74, 6) is 0.584. The van der Waals surface area contributed by atoms with Gasteiger partial charge in [-0.15, -0.1) is 12.4 Å². The number of piperidine rings is 1. The van der Waals surface area contributed by atoms with Gasteiger partial charge in [0.1, 0.15) is 0 Å². The van der Waals surface area contributed by atoms with Gasteiger partial charge in [-0.25, -0.2) is 8.42 Å². The third-order valence-electron chi connectivity index (χ3n) is 3.71. The van der Waals surface area contributed by atoms with Crippen LogP contribution in [0.3, 0.4) is 0 Å². The van der Waals surface area contributed by atoms with Gasteiger partial charge in [0, 0.05) is 17.6 Å². The van der Waals surface area contributed by atoms with Gasteiger partial charge >= 0.3 is 0 Å². The Hall–Kier alpha value is -0.140. The average molecular weight is 398 g/mol. The number of nitrogens with zero attached hydrogens (tertiary/aromatic N) is 1. The molecule has 2 rings (SSSR count). The molecule has 1 fully saturated rings. The molecule has 0 bridgehead atoms. The topological polar surface area (TPSA) is 49.4 Å². The van der Waals surface area contributed by atoms with Gasteiger partial charge in [-0.2, -0.15) is 4.31 Å². The molecule has 1 saturated heterocycles. The summed E-state index contributed by atoms with van der Waals surface area (Å²) in [6.45, 7) is 5.26. The van der Waals surface area contributed by atoms with E-state index in [1.165, 1.54) is 0 Å². The van der Waals surface area contributed by atoms with E-state index < -0.39 is 10.0 Å². The van der Waals surface area contributed by atoms with E-state index in [0.717, 1.165) is 25.9 Å². The number of hydrogen-bond donors (Lipinski definition) is 1. The summed E-state index contributed by atoms with van der Waals surface area (Å²) >= 11 is 3.33. The van der Waals surface area contributed by atoms with Gasteiger partial charge in [0.2, 0.25) is 10.0 Å². The van der Waals surface area contributed by atoms with Crippen molar-refractivity contribution in [3.8, 4) is 0 Å². The Kier molecular flexibility index (Phi) is 7.64. The zero-order valence-corrected chi connectivity index (χ0v) is 15.3. The van der Waals surface area contributed by atoms with E-state index in [9.17, 15) is 8.42 Å². The second-order valence-corrected chi connectivity index (χ2v) is 7.85. The van der Waals surface area contributed by atoms with Gasteiger partial charge in [-0.1, -0.05) is 19.1 Å². The maximum absolute atomic E-state index is 12.6. The molecule has 0 aromatic heterocycles. The number of benzene rings is 1. The molecular formula is C14H22BrClN2O2S. The summed E-state index contributed by atoms with van der Waals surface area (Å²) < 4.78 is 27.5. The van der Waals surface area contributed by atoms with Gasteiger partial charge in [0.15, 0.2) is 0 Å². The van der Waals surface area contributed by atoms with Gasteiger partial charge < -0.3 is 5.32 Å². The molecule has 0 radical (unpaired) electrons. The van der Waals surface area contributed by atoms with Crippen molar-refractivity contribution >= 4 is 38.4 Å². The van der Waals surface area contributed by atoms with E-state index in [2.05, 4.69) is 28.2 Å². The lowest BCUT2D eigenvalue weighted by molar-refractivity contribution is 0.268. The molecule has 1 heterocycles. The summed E-state index contributed by atoms with van der Waals surface area (Å²) in [4.78, 5) is 0.366. The highest BCUT2D eigenvalue weighted by Crippen LogP contribution is 2.28. The molecule has 1 aromatic carbocycles. The predicted octanol–water partition coefficient (Wildman–Crippen LogP) is 2.88. The predicted molar refractivity (Wildman–Crippen MR) is 91.4 cm³/mol. The van der Waals surface area contributed by atoms with E-state index in [4.69, 9.17) is 0 Å². The largest absolute Gasteiger partial charge is 0.317 e. The molecule has 1 N–H and O–H groups in total. The third-order valence-corrected chi connectivity index (χ3v) is 6.62. The molecule has 7 heteroatoms. The van der Waals surface area contributed by atoms with Crippen molar-refractivity contribution in [2.24, 2.45) is 5.92 Å². The zero-order valence-electron chi connectivity index (χ0n) is 12.1. The van der Waals surface area contributed by atoms with Crippen LogP contribution in [0, 0.1) is 5.92 Å². The van der Waals surface area contributed by atoms with E-state index in [0.29, 0.717) is 28.4 Å². The molecule has 0 spiro atoms. The van der Waals surface area contributed by atoms with Crippen molar-refractivity contribution in [3.05, 3.63) is 28.7 Å². The first-order valence-corrected chi connectivity index (χ1v) is 9.24. The number of nitrogens with one attached hydrogen (secondary N) is 1. The van der Waals surface area contributed by atoms with Crippen LogP contribution in [0.25, 0.3) is 0 Å². The normalized spacial score (nSPS) is 17.4. The number of sulfonamides is 1. The van der Waals surface area contributed by atoms with Crippen molar-refractivity contribution in [1.29, 1.82) is 0 Å². The zero-order chi connectivity index (χ0) is 14.6. The summed E-state index contributed by atoms with van der Waals surface area (Å²) in [7, 11) is -3.37. The fourth-order valence-corrected chi connectivity index (χ4v) is 4.93. The first kappa shape index (κ1) is 18.9. The minimum Gasteiger partial charge on any atom is -0.317 e. The molecule has 120 valence electrons. The quantitative estimate of drug-likeness (QED) is 0.831. The smallest absolute Gasteiger partial charge is 0.244 e. The van der Waals surface area contributed by atoms with Crippen molar-refractivity contribution in [2.75, 3.05) is 26.2 Å². The van der Waals surface area contributed by atoms with Crippen molar-refractivity contribution in [1.82, 2.24) is 9.62 Å². The van der Waals surface area contributed by atoms with Gasteiger partial charge in [-0.3, -0.25) is 0 Å². The van der Waals surface area contributed by atoms with Gasteiger partial charge in [0.25, 0.3) is 0 Å². The van der Waals surface area contributed by atoms with Crippen molar-refractivity contribution in [2.45, 2.75) is 24.7 Å². The molecule has 0 saturated carbocycles. The molecule has 21 heavy (non-hydrogen) atoms. The first-order chi connectivity index (χ1) is 9.55. The van der Waals surface area contributed by atoms with Crippen LogP contribution < -0.4 is 5.32 Å². The van der Waals surface area contributed by atoms with Crippen LogP contribution in [0.1, 0.15) is 19.8 Å². The highest BCUT2D eigenvalue weighted by Gasteiger charge is 2.30. The van der Waals surface area contributed by atoms with E-state index in [-0.39, 0.29) is 12.4 Å². The Morgan fingerprint density at radius 2 is 1.90 bits per heavy atom. The Morgan fingerprint density at radius 3 is 2.48 bits per heavy atom. The summed E-state index contributed by atoms with van der Waals surface area (Å²) in [6.07, 6.45) is 1.85. The van der Waals surface area contributed by atoms with E-state index in [1.54, 1.807) is 22.5 Å². The molecule has 1 aromatic rings. The number of hydrogen-bond acceptors (Lipinski definition) is 3. The molecule has 0 unspecified atom stereocenters. The highest BCUT2D eigenvalue weighted by atomic mass is 79.9. The van der Waals surface area contributed by atoms with Crippen LogP contribution in [0.4, 0.5) is 0 Å². The lowest BCUT2D eigenvalue weighted by atomic mass is 9.98. The molecule has 4 nitrogen and oxygen atoms in total. The first-order valence-electron chi connectivity index (χ1n) is 7.01. The second-order valence-electron chi connectivity index (χ2n) is 5.09. The van der Waals surface area contributed by atoms with Gasteiger partial charge in [-0.05, 0) is 59.9 Å². The fraction of sp³-hybridized carbons (Fsp3) is 0.571. The van der Waals surface area contributed by atoms with E-state index >= 15 is 0 Å². The van der Waals surface area contributed by atoms with Crippen LogP contribution in [-0.2, 0) is 10.0 Å². The van der Waals surface area contributed by atoms with Crippen LogP contribution in [0.5, 0.6) is 0 Å². The number of rotatable bonds is 5. The fourth-order valence-electron chi connectivity index (χ4n) is 2.50. The summed E-state index contributed by atoms with van der Waals surface area (Å²) in [5.41, 5.74) is 0. The standard InChI is InChI=1S/C14H21BrN2O2S.ClH/c1-2-16-11-12-7-9-17(10-8-12)20(18,19)14-6-4-3-5-13(14)15;/h3-6,12,16H,2,7-11H2,1H3;1H. The molecule has 0 aliphatic carbocycles. The lowest BCUT2D eigenvalue weighted by Crippen LogP contribution is -2.40. The minimum absolute atomic E-state index is 0. The van der Waals surface area contributed by atoms with Crippen molar-refractivity contribution < 1.29 is 8.42 Å². The molecule has 1 aliphatic rings. The average Bonchev–Trinajstić information content (AvgIpc) is 2.46. The van der Waals surface area contributed by atoms with Crippen molar-refractivity contribution in [3.63, 3.8) is 0 Å². The van der Waals surface area contributed by atoms with E-state index in [1.807, 2.05) is 6.07 Å². The SMILES string of the molecule is CCNCC1CCN(S(=O)(=O)c2ccccc2Br)CC1.Cl. The lowest BCUT2D eigenvalue weighted by Gasteiger charge is -2.31. The Bertz CT molecular complexity index is 546. The maximum Gasteiger partial charge on any atom is 0.244 e. The monoisotopic (exact) mass is 396 g/mol. The number of halogens is 2. The van der Waals surface area contributed by atoms with Crippen LogP contribution in [-0.4, -0.2) is 38.9 Å². The summed E-state index contributed by atoms with van der Waals surface area (Å²) in [6, 6.07) is 7.01. The Labute approximate surface area is 141 Å². The van der Waals surface area contributed by atoms with Gasteiger partial charge in [0.05, 0.1) is 4.90 Å². The maximum atomic E-state index is 12.6. The Morgan fingerprint density at radius 1 is 1.29 bits per heavy atom. The third kappa shape index (κ3) is 4.66. The minimum atomic E-state index is -3.37. The molecule has 0 amide bonds. The van der Waals surface area contributed by atoms with Crippen LogP contribution in [0.15, 0.2) is 33.6 Å². The Balaban J connectivity index is 0.00000220. The summed E-state index contributed by atoms with van der Waals surface area (Å²) in [5, 5.41) is 3.34. The van der Waals surface area contributed by atoms with Crippen LogP contribution >= 0.6 is 28.3 Å². The second kappa shape index (κ2) is 8.48. The molecule has 1 aliphatic heterocycles. The molecule has 0 atom stereocenters. The van der Waals surface area contributed by atoms with Crippen LogP contribution in [0.2, 0.25) is 0 Å².